The molecule has 0 bridgehead atoms. The number of hydrogen-bond donors (Lipinski definition) is 0. The van der Waals surface area contributed by atoms with Crippen molar-refractivity contribution < 1.29 is 26.7 Å². The van der Waals surface area contributed by atoms with Gasteiger partial charge in [0, 0.05) is 35.8 Å². The summed E-state index contributed by atoms with van der Waals surface area (Å²) in [7, 11) is 0. The van der Waals surface area contributed by atoms with Crippen molar-refractivity contribution in [3.8, 4) is 28.4 Å². The molecular formula is C25H18F4N6O2. The van der Waals surface area contributed by atoms with Gasteiger partial charge in [0.05, 0.1) is 6.20 Å². The lowest BCUT2D eigenvalue weighted by molar-refractivity contribution is -0.380. The van der Waals surface area contributed by atoms with E-state index in [0.717, 1.165) is 21.6 Å². The third-order valence-electron chi connectivity index (χ3n) is 5.77. The number of morpholine rings is 1. The molecule has 1 aliphatic rings. The fourth-order valence-electron chi connectivity index (χ4n) is 4.21. The highest BCUT2D eigenvalue weighted by Crippen LogP contribution is 2.39. The minimum Gasteiger partial charge on any atom is -0.450 e. The van der Waals surface area contributed by atoms with E-state index in [2.05, 4.69) is 24.8 Å². The van der Waals surface area contributed by atoms with Gasteiger partial charge in [0.15, 0.2) is 11.4 Å². The first kappa shape index (κ1) is 23.1. The second-order valence-corrected chi connectivity index (χ2v) is 8.69. The van der Waals surface area contributed by atoms with Gasteiger partial charge in [-0.3, -0.25) is 9.72 Å². The van der Waals surface area contributed by atoms with Crippen LogP contribution in [0.1, 0.15) is 5.56 Å². The minimum absolute atomic E-state index is 0.00179. The van der Waals surface area contributed by atoms with E-state index in [1.54, 1.807) is 43.0 Å². The Bertz CT molecular complexity index is 1590. The molecule has 0 aliphatic carbocycles. The molecule has 4 aromatic heterocycles. The number of hydrogen-bond acceptors (Lipinski definition) is 7. The number of furan rings is 1. The molecule has 0 unspecified atom stereocenters. The Hall–Kier alpha value is -4.32. The lowest BCUT2D eigenvalue weighted by atomic mass is 10.1. The number of aryl methyl sites for hydroxylation is 1. The van der Waals surface area contributed by atoms with E-state index >= 15 is 0 Å². The summed E-state index contributed by atoms with van der Waals surface area (Å²) in [5.74, 6) is 0.0898. The first-order chi connectivity index (χ1) is 17.7. The monoisotopic (exact) mass is 510 g/mol. The predicted molar refractivity (Wildman–Crippen MR) is 126 cm³/mol. The van der Waals surface area contributed by atoms with E-state index in [4.69, 9.17) is 4.42 Å². The highest BCUT2D eigenvalue weighted by Gasteiger charge is 2.52. The van der Waals surface area contributed by atoms with Crippen LogP contribution in [0.15, 0.2) is 71.7 Å². The number of halogens is 4. The van der Waals surface area contributed by atoms with Gasteiger partial charge in [-0.1, -0.05) is 29.8 Å². The molecular weight excluding hydrogens is 492 g/mol. The summed E-state index contributed by atoms with van der Waals surface area (Å²) in [6.07, 6.45) is -1.81. The smallest absolute Gasteiger partial charge is 0.377 e. The summed E-state index contributed by atoms with van der Waals surface area (Å²) < 4.78 is 67.3. The van der Waals surface area contributed by atoms with Gasteiger partial charge in [-0.15, -0.1) is 0 Å². The van der Waals surface area contributed by atoms with Crippen molar-refractivity contribution in [1.82, 2.24) is 24.7 Å². The van der Waals surface area contributed by atoms with Gasteiger partial charge in [-0.2, -0.15) is 27.6 Å². The van der Waals surface area contributed by atoms with Crippen LogP contribution in [0.4, 0.5) is 23.4 Å². The maximum absolute atomic E-state index is 14.1. The first-order valence-corrected chi connectivity index (χ1v) is 11.2. The number of anilines is 1. The predicted octanol–water partition coefficient (Wildman–Crippen LogP) is 5.47. The van der Waals surface area contributed by atoms with Gasteiger partial charge in [0.1, 0.15) is 24.4 Å². The number of ether oxygens (including phenoxy) is 1. The van der Waals surface area contributed by atoms with Crippen LogP contribution >= 0.6 is 0 Å². The zero-order chi connectivity index (χ0) is 25.8. The number of aromatic nitrogens is 5. The lowest BCUT2D eigenvalue weighted by Crippen LogP contribution is -2.55. The Morgan fingerprint density at radius 2 is 1.68 bits per heavy atom. The van der Waals surface area contributed by atoms with Gasteiger partial charge in [0.25, 0.3) is 5.95 Å². The van der Waals surface area contributed by atoms with E-state index in [1.165, 1.54) is 4.68 Å². The molecule has 1 aliphatic heterocycles. The van der Waals surface area contributed by atoms with Crippen molar-refractivity contribution in [2.75, 3.05) is 18.0 Å². The second-order valence-electron chi connectivity index (χ2n) is 8.69. The van der Waals surface area contributed by atoms with Crippen molar-refractivity contribution in [2.45, 2.75) is 19.1 Å². The molecule has 0 saturated carbocycles. The SMILES string of the molecule is Cc1cccc(-c2cnn(-c3nc(N4CC(F)(F)OC(F)(F)C4)c4oc(-c5cccnc5)cc4n3)c2)c1. The highest BCUT2D eigenvalue weighted by atomic mass is 19.3. The molecule has 5 aromatic rings. The van der Waals surface area contributed by atoms with Crippen LogP contribution in [0.5, 0.6) is 0 Å². The van der Waals surface area contributed by atoms with Gasteiger partial charge in [-0.25, -0.2) is 9.67 Å². The van der Waals surface area contributed by atoms with Crippen molar-refractivity contribution in [3.05, 3.63) is 72.8 Å². The van der Waals surface area contributed by atoms with Crippen molar-refractivity contribution in [2.24, 2.45) is 0 Å². The molecule has 1 saturated heterocycles. The number of pyridine rings is 1. The molecule has 6 rings (SSSR count). The summed E-state index contributed by atoms with van der Waals surface area (Å²) in [5.41, 5.74) is 3.52. The van der Waals surface area contributed by atoms with Crippen LogP contribution in [0.2, 0.25) is 0 Å². The summed E-state index contributed by atoms with van der Waals surface area (Å²) in [6.45, 7) is -0.334. The lowest BCUT2D eigenvalue weighted by Gasteiger charge is -2.37. The number of fused-ring (bicyclic) bond motifs is 1. The summed E-state index contributed by atoms with van der Waals surface area (Å²) in [5, 5.41) is 4.32. The van der Waals surface area contributed by atoms with E-state index < -0.39 is 25.3 Å². The zero-order valence-corrected chi connectivity index (χ0v) is 19.3. The van der Waals surface area contributed by atoms with Crippen molar-refractivity contribution in [3.63, 3.8) is 0 Å². The molecule has 188 valence electrons. The molecule has 12 heteroatoms. The molecule has 1 aromatic carbocycles. The van der Waals surface area contributed by atoms with Crippen LogP contribution < -0.4 is 4.90 Å². The molecule has 8 nitrogen and oxygen atoms in total. The molecule has 37 heavy (non-hydrogen) atoms. The highest BCUT2D eigenvalue weighted by molar-refractivity contribution is 5.88. The van der Waals surface area contributed by atoms with Gasteiger partial charge < -0.3 is 9.32 Å². The van der Waals surface area contributed by atoms with Crippen LogP contribution in [0, 0.1) is 6.92 Å². The van der Waals surface area contributed by atoms with Gasteiger partial charge in [0.2, 0.25) is 0 Å². The van der Waals surface area contributed by atoms with E-state index in [9.17, 15) is 17.6 Å². The quantitative estimate of drug-likeness (QED) is 0.297. The largest absolute Gasteiger partial charge is 0.450 e. The van der Waals surface area contributed by atoms with Crippen LogP contribution in [-0.2, 0) is 4.74 Å². The van der Waals surface area contributed by atoms with E-state index in [1.807, 2.05) is 31.2 Å². The Morgan fingerprint density at radius 3 is 2.41 bits per heavy atom. The minimum atomic E-state index is -4.11. The molecule has 1 fully saturated rings. The van der Waals surface area contributed by atoms with E-state index in [0.29, 0.717) is 11.3 Å². The maximum atomic E-state index is 14.1. The summed E-state index contributed by atoms with van der Waals surface area (Å²) in [6, 6.07) is 12.8. The molecule has 0 spiro atoms. The Morgan fingerprint density at radius 1 is 0.892 bits per heavy atom. The Kier molecular flexibility index (Phi) is 5.23. The van der Waals surface area contributed by atoms with Crippen LogP contribution in [0.3, 0.4) is 0 Å². The van der Waals surface area contributed by atoms with Crippen LogP contribution in [0.25, 0.3) is 39.5 Å². The van der Waals surface area contributed by atoms with Gasteiger partial charge >= 0.3 is 12.2 Å². The fourth-order valence-corrected chi connectivity index (χ4v) is 4.21. The van der Waals surface area contributed by atoms with Gasteiger partial charge in [-0.05, 0) is 24.6 Å². The average Bonchev–Trinajstić information content (AvgIpc) is 3.50. The molecule has 0 radical (unpaired) electrons. The van der Waals surface area contributed by atoms with Crippen LogP contribution in [-0.4, -0.2) is 50.0 Å². The number of benzene rings is 1. The first-order valence-electron chi connectivity index (χ1n) is 11.2. The van der Waals surface area contributed by atoms with Crippen molar-refractivity contribution in [1.29, 1.82) is 0 Å². The summed E-state index contributed by atoms with van der Waals surface area (Å²) in [4.78, 5) is 13.6. The third-order valence-corrected chi connectivity index (χ3v) is 5.77. The summed E-state index contributed by atoms with van der Waals surface area (Å²) >= 11 is 0. The average molecular weight is 510 g/mol. The third kappa shape index (κ3) is 4.51. The number of alkyl halides is 4. The number of rotatable bonds is 4. The Labute approximate surface area is 207 Å². The van der Waals surface area contributed by atoms with Crippen molar-refractivity contribution >= 4 is 16.9 Å². The maximum Gasteiger partial charge on any atom is 0.377 e. The fraction of sp³-hybridized carbons (Fsp3) is 0.200. The normalized spacial score (nSPS) is 16.8. The topological polar surface area (TPSA) is 82.1 Å². The number of nitrogens with zero attached hydrogens (tertiary/aromatic N) is 6. The molecule has 0 atom stereocenters. The zero-order valence-electron chi connectivity index (χ0n) is 19.3. The Balaban J connectivity index is 1.50. The molecule has 5 heterocycles. The molecule has 0 amide bonds. The standard InChI is InChI=1S/C25H18F4N6O2/c1-15-4-2-5-16(8-15)18-11-31-35(12-18)23-32-19-9-20(17-6-3-7-30-10-17)36-21(19)22(33-23)34-13-24(26,27)37-25(28,29)14-34/h2-12H,13-14H2,1H3. The second kappa shape index (κ2) is 8.37. The molecule has 0 N–H and O–H groups in total. The van der Waals surface area contributed by atoms with E-state index in [-0.39, 0.29) is 22.9 Å².